The first-order valence-corrected chi connectivity index (χ1v) is 8.28. The van der Waals surface area contributed by atoms with Crippen LogP contribution in [0.25, 0.3) is 5.57 Å². The number of imide groups is 1. The Kier molecular flexibility index (Phi) is 5.65. The average molecular weight is 353 g/mol. The number of carbonyl (C=O) groups excluding carboxylic acids is 2. The fourth-order valence-electron chi connectivity index (χ4n) is 2.79. The molecule has 1 aromatic rings. The summed E-state index contributed by atoms with van der Waals surface area (Å²) in [6, 6.07) is 0. The molecule has 0 aromatic carbocycles. The number of amides is 2. The largest absolute Gasteiger partial charge is 0.396 e. The number of aliphatic hydroxyl groups is 1. The van der Waals surface area contributed by atoms with Crippen LogP contribution < -0.4 is 5.32 Å². The number of hydrogen-bond donors (Lipinski definition) is 2. The van der Waals surface area contributed by atoms with Gasteiger partial charge >= 0.3 is 0 Å². The van der Waals surface area contributed by atoms with Gasteiger partial charge in [0.05, 0.1) is 23.0 Å². The molecule has 0 unspecified atom stereocenters. The molecule has 2 aliphatic rings. The molecule has 1 aromatic heterocycles. The highest BCUT2D eigenvalue weighted by atomic mass is 16.3. The number of rotatable bonds is 5. The summed E-state index contributed by atoms with van der Waals surface area (Å²) in [7, 11) is 0. The van der Waals surface area contributed by atoms with Gasteiger partial charge in [-0.3, -0.25) is 29.9 Å². The number of aliphatic imine (C=N–C) groups is 1. The second kappa shape index (κ2) is 8.30. The molecule has 8 nitrogen and oxygen atoms in total. The Bertz CT molecular complexity index is 811. The number of aromatic nitrogens is 2. The van der Waals surface area contributed by atoms with E-state index in [-0.39, 0.29) is 12.2 Å². The summed E-state index contributed by atoms with van der Waals surface area (Å²) in [6.07, 6.45) is 12.7. The fourth-order valence-corrected chi connectivity index (χ4v) is 2.79. The van der Waals surface area contributed by atoms with Crippen molar-refractivity contribution >= 4 is 23.6 Å². The van der Waals surface area contributed by atoms with Gasteiger partial charge in [0, 0.05) is 38.0 Å². The van der Waals surface area contributed by atoms with Crippen LogP contribution in [0.2, 0.25) is 0 Å². The average Bonchev–Trinajstić information content (AvgIpc) is 3.00. The van der Waals surface area contributed by atoms with Crippen LogP contribution in [0, 0.1) is 0 Å². The third kappa shape index (κ3) is 3.92. The standard InChI is InChI=1S/C18H19N5O3/c24-9-3-8-23-11-13(4-1-2-5-20-12-23)15-16(18(26)22-17(15)25)14-10-19-6-7-21-14/h1-2,5-7,10-11,24H,3-4,8-9,12H2,(H,22,25,26)/b2-1-,13-11+,20-5-. The van der Waals surface area contributed by atoms with E-state index in [1.807, 2.05) is 17.2 Å². The van der Waals surface area contributed by atoms with Crippen LogP contribution in [-0.4, -0.2) is 57.8 Å². The number of aliphatic hydroxyl groups excluding tert-OH is 1. The predicted octanol–water partition coefficient (Wildman–Crippen LogP) is 0.443. The summed E-state index contributed by atoms with van der Waals surface area (Å²) in [5.74, 6) is -0.925. The van der Waals surface area contributed by atoms with Crippen molar-refractivity contribution in [1.29, 1.82) is 0 Å². The SMILES string of the molecule is O=C1NC(=O)C(c2cnccn2)=C1/C1=C/N(CCCO)C/N=C\C=C/C1. The Labute approximate surface area is 150 Å². The van der Waals surface area contributed by atoms with Crippen molar-refractivity contribution in [2.45, 2.75) is 12.8 Å². The zero-order valence-electron chi connectivity index (χ0n) is 14.1. The van der Waals surface area contributed by atoms with E-state index >= 15 is 0 Å². The molecule has 134 valence electrons. The topological polar surface area (TPSA) is 108 Å². The van der Waals surface area contributed by atoms with E-state index in [0.29, 0.717) is 42.9 Å². The predicted molar refractivity (Wildman–Crippen MR) is 95.7 cm³/mol. The maximum absolute atomic E-state index is 12.5. The summed E-state index contributed by atoms with van der Waals surface area (Å²) >= 11 is 0. The van der Waals surface area contributed by atoms with Gasteiger partial charge in [0.15, 0.2) is 0 Å². The van der Waals surface area contributed by atoms with E-state index < -0.39 is 11.8 Å². The van der Waals surface area contributed by atoms with Gasteiger partial charge in [0.25, 0.3) is 11.8 Å². The number of nitrogens with one attached hydrogen (secondary N) is 1. The Morgan fingerprint density at radius 3 is 2.81 bits per heavy atom. The first-order valence-electron chi connectivity index (χ1n) is 8.28. The normalized spacial score (nSPS) is 22.2. The Hall–Kier alpha value is -3.13. The third-order valence-electron chi connectivity index (χ3n) is 3.94. The fraction of sp³-hybridized carbons (Fsp3) is 0.278. The van der Waals surface area contributed by atoms with E-state index in [2.05, 4.69) is 20.3 Å². The number of carbonyl (C=O) groups is 2. The van der Waals surface area contributed by atoms with Crippen molar-refractivity contribution in [2.24, 2.45) is 4.99 Å². The third-order valence-corrected chi connectivity index (χ3v) is 3.94. The number of allylic oxidation sites excluding steroid dienone is 2. The lowest BCUT2D eigenvalue weighted by atomic mass is 9.97. The van der Waals surface area contributed by atoms with Crippen molar-refractivity contribution < 1.29 is 14.7 Å². The van der Waals surface area contributed by atoms with Gasteiger partial charge in [-0.15, -0.1) is 0 Å². The van der Waals surface area contributed by atoms with E-state index in [1.165, 1.54) is 18.6 Å². The maximum Gasteiger partial charge on any atom is 0.261 e. The second-order valence-corrected chi connectivity index (χ2v) is 5.77. The first-order chi connectivity index (χ1) is 12.7. The van der Waals surface area contributed by atoms with Crippen LogP contribution in [0.4, 0.5) is 0 Å². The lowest BCUT2D eigenvalue weighted by Gasteiger charge is -2.19. The van der Waals surface area contributed by atoms with Gasteiger partial charge in [-0.2, -0.15) is 0 Å². The molecule has 3 rings (SSSR count). The molecular weight excluding hydrogens is 334 g/mol. The summed E-state index contributed by atoms with van der Waals surface area (Å²) in [4.78, 5) is 39.2. The summed E-state index contributed by atoms with van der Waals surface area (Å²) in [5, 5.41) is 11.4. The van der Waals surface area contributed by atoms with Crippen molar-refractivity contribution in [3.8, 4) is 0 Å². The van der Waals surface area contributed by atoms with Crippen LogP contribution in [0.5, 0.6) is 0 Å². The van der Waals surface area contributed by atoms with Gasteiger partial charge in [-0.05, 0) is 24.5 Å². The van der Waals surface area contributed by atoms with E-state index in [4.69, 9.17) is 5.11 Å². The molecule has 0 saturated heterocycles. The van der Waals surface area contributed by atoms with Gasteiger partial charge < -0.3 is 10.0 Å². The summed E-state index contributed by atoms with van der Waals surface area (Å²) in [6.45, 7) is 1.05. The van der Waals surface area contributed by atoms with Gasteiger partial charge in [-0.25, -0.2) is 0 Å². The molecule has 0 spiro atoms. The molecular formula is C18H19N5O3. The molecule has 8 heteroatoms. The zero-order valence-corrected chi connectivity index (χ0v) is 14.1. The zero-order chi connectivity index (χ0) is 18.4. The van der Waals surface area contributed by atoms with Gasteiger partial charge in [-0.1, -0.05) is 6.08 Å². The Morgan fingerprint density at radius 1 is 1.19 bits per heavy atom. The highest BCUT2D eigenvalue weighted by molar-refractivity contribution is 6.37. The summed E-state index contributed by atoms with van der Waals surface area (Å²) in [5.41, 5.74) is 1.57. The van der Waals surface area contributed by atoms with Gasteiger partial charge in [0.2, 0.25) is 0 Å². The quantitative estimate of drug-likeness (QED) is 0.744. The molecule has 0 bridgehead atoms. The van der Waals surface area contributed by atoms with Crippen LogP contribution in [0.3, 0.4) is 0 Å². The van der Waals surface area contributed by atoms with Crippen LogP contribution in [0.1, 0.15) is 18.5 Å². The van der Waals surface area contributed by atoms with Gasteiger partial charge in [0.1, 0.15) is 6.67 Å². The molecule has 2 amide bonds. The minimum absolute atomic E-state index is 0.0637. The van der Waals surface area contributed by atoms with E-state index in [0.717, 1.165) is 0 Å². The molecule has 26 heavy (non-hydrogen) atoms. The van der Waals surface area contributed by atoms with Crippen molar-refractivity contribution in [1.82, 2.24) is 20.2 Å². The molecule has 0 fully saturated rings. The van der Waals surface area contributed by atoms with Crippen LogP contribution in [-0.2, 0) is 9.59 Å². The smallest absolute Gasteiger partial charge is 0.261 e. The maximum atomic E-state index is 12.5. The molecule has 0 saturated carbocycles. The lowest BCUT2D eigenvalue weighted by Crippen LogP contribution is -2.24. The minimum Gasteiger partial charge on any atom is -0.396 e. The van der Waals surface area contributed by atoms with E-state index in [1.54, 1.807) is 12.3 Å². The molecule has 2 N–H and O–H groups in total. The number of hydrogen-bond acceptors (Lipinski definition) is 7. The highest BCUT2D eigenvalue weighted by Gasteiger charge is 2.34. The molecule has 3 heterocycles. The van der Waals surface area contributed by atoms with Crippen molar-refractivity contribution in [2.75, 3.05) is 19.8 Å². The Balaban J connectivity index is 2.07. The van der Waals surface area contributed by atoms with Crippen molar-refractivity contribution in [3.05, 3.63) is 53.8 Å². The molecule has 2 aliphatic heterocycles. The van der Waals surface area contributed by atoms with Crippen LogP contribution >= 0.6 is 0 Å². The lowest BCUT2D eigenvalue weighted by molar-refractivity contribution is -0.123. The monoisotopic (exact) mass is 353 g/mol. The summed E-state index contributed by atoms with van der Waals surface area (Å²) < 4.78 is 0. The van der Waals surface area contributed by atoms with Crippen molar-refractivity contribution in [3.63, 3.8) is 0 Å². The molecule has 0 radical (unpaired) electrons. The van der Waals surface area contributed by atoms with E-state index in [9.17, 15) is 9.59 Å². The number of nitrogens with zero attached hydrogens (tertiary/aromatic N) is 4. The highest BCUT2D eigenvalue weighted by Crippen LogP contribution is 2.29. The second-order valence-electron chi connectivity index (χ2n) is 5.77. The molecule has 0 atom stereocenters. The first kappa shape index (κ1) is 17.7. The molecule has 0 aliphatic carbocycles. The van der Waals surface area contributed by atoms with Crippen LogP contribution in [0.15, 0.2) is 53.1 Å². The minimum atomic E-state index is -0.478. The Morgan fingerprint density at radius 2 is 2.04 bits per heavy atom.